The fourth-order valence-electron chi connectivity index (χ4n) is 1.70. The summed E-state index contributed by atoms with van der Waals surface area (Å²) in [5.74, 6) is -0.0686. The van der Waals surface area contributed by atoms with Gasteiger partial charge in [0, 0.05) is 23.7 Å². The van der Waals surface area contributed by atoms with Crippen LogP contribution in [0.5, 0.6) is 0 Å². The molecule has 4 heteroatoms. The van der Waals surface area contributed by atoms with Gasteiger partial charge in [-0.25, -0.2) is 0 Å². The molecule has 0 fully saturated rings. The molecule has 1 amide bonds. The van der Waals surface area contributed by atoms with E-state index in [0.29, 0.717) is 23.7 Å². The van der Waals surface area contributed by atoms with Crippen LogP contribution in [0.4, 0.5) is 0 Å². The largest absolute Gasteiger partial charge is 0.395 e. The van der Waals surface area contributed by atoms with Crippen molar-refractivity contribution in [2.24, 2.45) is 0 Å². The molecule has 17 heavy (non-hydrogen) atoms. The molecule has 3 nitrogen and oxygen atoms in total. The van der Waals surface area contributed by atoms with Crippen molar-refractivity contribution < 1.29 is 9.90 Å². The highest BCUT2D eigenvalue weighted by Crippen LogP contribution is 2.17. The predicted octanol–water partition coefficient (Wildman–Crippen LogP) is 2.49. The Hall–Kier alpha value is -1.06. The Morgan fingerprint density at radius 3 is 2.71 bits per heavy atom. The summed E-state index contributed by atoms with van der Waals surface area (Å²) in [6.07, 6.45) is 0.866. The zero-order valence-electron chi connectivity index (χ0n) is 10.2. The van der Waals surface area contributed by atoms with Crippen LogP contribution in [0.2, 0.25) is 5.02 Å². The van der Waals surface area contributed by atoms with Gasteiger partial charge in [0.15, 0.2) is 0 Å². The summed E-state index contributed by atoms with van der Waals surface area (Å²) < 4.78 is 0. The fourth-order valence-corrected chi connectivity index (χ4v) is 1.87. The van der Waals surface area contributed by atoms with E-state index < -0.39 is 0 Å². The van der Waals surface area contributed by atoms with Crippen LogP contribution < -0.4 is 0 Å². The Balaban J connectivity index is 2.95. The molecule has 0 aliphatic heterocycles. The minimum atomic E-state index is -0.0686. The molecule has 0 aliphatic rings. The average molecular weight is 256 g/mol. The number of rotatable bonds is 5. The van der Waals surface area contributed by atoms with Crippen molar-refractivity contribution in [3.63, 3.8) is 0 Å². The summed E-state index contributed by atoms with van der Waals surface area (Å²) in [5.41, 5.74) is 1.51. The lowest BCUT2D eigenvalue weighted by Gasteiger charge is -2.22. The highest BCUT2D eigenvalue weighted by molar-refractivity contribution is 6.31. The van der Waals surface area contributed by atoms with Crippen molar-refractivity contribution in [2.75, 3.05) is 19.7 Å². The predicted molar refractivity (Wildman–Crippen MR) is 69.5 cm³/mol. The van der Waals surface area contributed by atoms with Crippen LogP contribution in [0.25, 0.3) is 0 Å². The lowest BCUT2D eigenvalue weighted by molar-refractivity contribution is 0.0721. The number of aliphatic hydroxyl groups excluding tert-OH is 1. The van der Waals surface area contributed by atoms with Gasteiger partial charge in [-0.15, -0.1) is 0 Å². The third kappa shape index (κ3) is 3.72. The number of carbonyl (C=O) groups is 1. The second-order valence-electron chi connectivity index (χ2n) is 3.98. The molecule has 0 saturated carbocycles. The van der Waals surface area contributed by atoms with Crippen molar-refractivity contribution in [3.05, 3.63) is 34.3 Å². The molecule has 0 bridgehead atoms. The molecule has 0 atom stereocenters. The Bertz CT molecular complexity index is 387. The molecule has 0 saturated heterocycles. The average Bonchev–Trinajstić information content (AvgIpc) is 2.31. The molecule has 94 valence electrons. The van der Waals surface area contributed by atoms with Gasteiger partial charge >= 0.3 is 0 Å². The van der Waals surface area contributed by atoms with Gasteiger partial charge in [-0.3, -0.25) is 4.79 Å². The van der Waals surface area contributed by atoms with Crippen molar-refractivity contribution in [1.82, 2.24) is 4.90 Å². The quantitative estimate of drug-likeness (QED) is 0.878. The Kier molecular flexibility index (Phi) is 5.45. The summed E-state index contributed by atoms with van der Waals surface area (Å²) in [4.78, 5) is 13.9. The van der Waals surface area contributed by atoms with E-state index in [-0.39, 0.29) is 12.5 Å². The number of halogens is 1. The first kappa shape index (κ1) is 14.0. The summed E-state index contributed by atoms with van der Waals surface area (Å²) in [6, 6.07) is 5.28. The molecule has 0 aromatic heterocycles. The number of aliphatic hydroxyl groups is 1. The van der Waals surface area contributed by atoms with Gasteiger partial charge in [-0.1, -0.05) is 24.6 Å². The molecular formula is C13H18ClNO2. The number of hydrogen-bond donors (Lipinski definition) is 1. The molecule has 0 radical (unpaired) electrons. The highest BCUT2D eigenvalue weighted by atomic mass is 35.5. The van der Waals surface area contributed by atoms with Gasteiger partial charge in [-0.05, 0) is 31.0 Å². The smallest absolute Gasteiger partial charge is 0.254 e. The van der Waals surface area contributed by atoms with Gasteiger partial charge in [0.1, 0.15) is 0 Å². The van der Waals surface area contributed by atoms with Crippen molar-refractivity contribution in [3.8, 4) is 0 Å². The first-order valence-corrected chi connectivity index (χ1v) is 6.14. The molecule has 1 aromatic rings. The zero-order valence-corrected chi connectivity index (χ0v) is 11.0. The number of aryl methyl sites for hydroxylation is 1. The minimum absolute atomic E-state index is 0.0225. The normalized spacial score (nSPS) is 10.4. The number of amides is 1. The van der Waals surface area contributed by atoms with Gasteiger partial charge in [-0.2, -0.15) is 0 Å². The van der Waals surface area contributed by atoms with E-state index in [1.807, 2.05) is 19.9 Å². The first-order chi connectivity index (χ1) is 8.10. The van der Waals surface area contributed by atoms with Crippen molar-refractivity contribution >= 4 is 17.5 Å². The van der Waals surface area contributed by atoms with Crippen LogP contribution in [-0.4, -0.2) is 35.6 Å². The molecule has 1 N–H and O–H groups in total. The molecule has 0 spiro atoms. The monoisotopic (exact) mass is 255 g/mol. The molecule has 0 heterocycles. The van der Waals surface area contributed by atoms with Gasteiger partial charge in [0.2, 0.25) is 0 Å². The molecule has 0 aliphatic carbocycles. The van der Waals surface area contributed by atoms with E-state index in [0.717, 1.165) is 12.0 Å². The topological polar surface area (TPSA) is 40.5 Å². The van der Waals surface area contributed by atoms with E-state index in [1.54, 1.807) is 17.0 Å². The fraction of sp³-hybridized carbons (Fsp3) is 0.462. The van der Waals surface area contributed by atoms with E-state index >= 15 is 0 Å². The Labute approximate surface area is 107 Å². The maximum atomic E-state index is 12.3. The van der Waals surface area contributed by atoms with Crippen LogP contribution >= 0.6 is 11.6 Å². The minimum Gasteiger partial charge on any atom is -0.395 e. The van der Waals surface area contributed by atoms with Crippen molar-refractivity contribution in [2.45, 2.75) is 20.3 Å². The zero-order chi connectivity index (χ0) is 12.8. The summed E-state index contributed by atoms with van der Waals surface area (Å²) >= 11 is 5.90. The van der Waals surface area contributed by atoms with Gasteiger partial charge in [0.05, 0.1) is 6.61 Å². The van der Waals surface area contributed by atoms with Crippen molar-refractivity contribution in [1.29, 1.82) is 0 Å². The maximum absolute atomic E-state index is 12.3. The van der Waals surface area contributed by atoms with E-state index in [1.165, 1.54) is 0 Å². The highest BCUT2D eigenvalue weighted by Gasteiger charge is 2.16. The first-order valence-electron chi connectivity index (χ1n) is 5.76. The van der Waals surface area contributed by atoms with Crippen LogP contribution in [-0.2, 0) is 0 Å². The summed E-state index contributed by atoms with van der Waals surface area (Å²) in [6.45, 7) is 4.87. The molecular weight excluding hydrogens is 238 g/mol. The number of hydrogen-bond acceptors (Lipinski definition) is 2. The number of carbonyl (C=O) groups excluding carboxylic acids is 1. The van der Waals surface area contributed by atoms with Gasteiger partial charge in [0.25, 0.3) is 5.91 Å². The van der Waals surface area contributed by atoms with Crippen LogP contribution in [0.1, 0.15) is 29.3 Å². The SMILES string of the molecule is CCCN(CCO)C(=O)c1cc(Cl)ccc1C. The third-order valence-electron chi connectivity index (χ3n) is 2.58. The van der Waals surface area contributed by atoms with E-state index in [4.69, 9.17) is 16.7 Å². The van der Waals surface area contributed by atoms with Gasteiger partial charge < -0.3 is 10.0 Å². The lowest BCUT2D eigenvalue weighted by atomic mass is 10.1. The summed E-state index contributed by atoms with van der Waals surface area (Å²) in [7, 11) is 0. The third-order valence-corrected chi connectivity index (χ3v) is 2.82. The molecule has 0 unspecified atom stereocenters. The Morgan fingerprint density at radius 1 is 1.41 bits per heavy atom. The standard InChI is InChI=1S/C13H18ClNO2/c1-3-6-15(7-8-16)13(17)12-9-11(14)5-4-10(12)2/h4-5,9,16H,3,6-8H2,1-2H3. The Morgan fingerprint density at radius 2 is 2.12 bits per heavy atom. The second-order valence-corrected chi connectivity index (χ2v) is 4.41. The van der Waals surface area contributed by atoms with E-state index in [9.17, 15) is 4.79 Å². The van der Waals surface area contributed by atoms with Crippen LogP contribution in [0.15, 0.2) is 18.2 Å². The summed E-state index contributed by atoms with van der Waals surface area (Å²) in [5, 5.41) is 9.52. The number of benzene rings is 1. The van der Waals surface area contributed by atoms with Crippen LogP contribution in [0, 0.1) is 6.92 Å². The number of nitrogens with zero attached hydrogens (tertiary/aromatic N) is 1. The maximum Gasteiger partial charge on any atom is 0.254 e. The second kappa shape index (κ2) is 6.62. The molecule has 1 rings (SSSR count). The van der Waals surface area contributed by atoms with Crippen LogP contribution in [0.3, 0.4) is 0 Å². The lowest BCUT2D eigenvalue weighted by Crippen LogP contribution is -2.34. The van der Waals surface area contributed by atoms with E-state index in [2.05, 4.69) is 0 Å². The molecule has 1 aromatic carbocycles.